The van der Waals surface area contributed by atoms with Crippen LogP contribution in [-0.2, 0) is 4.74 Å². The van der Waals surface area contributed by atoms with Crippen molar-refractivity contribution in [2.45, 2.75) is 24.5 Å². The fourth-order valence-corrected chi connectivity index (χ4v) is 1.88. The van der Waals surface area contributed by atoms with Gasteiger partial charge in [-0.1, -0.05) is 0 Å². The van der Waals surface area contributed by atoms with Gasteiger partial charge >= 0.3 is 5.69 Å². The number of hydrogen-bond acceptors (Lipinski definition) is 7. The zero-order valence-corrected chi connectivity index (χ0v) is 9.59. The average Bonchev–Trinajstić information content (AvgIpc) is 2.67. The van der Waals surface area contributed by atoms with E-state index in [1.54, 1.807) is 0 Å². The van der Waals surface area contributed by atoms with Crippen LogP contribution >= 0.6 is 0 Å². The number of carbonyl (C=O) groups is 1. The van der Waals surface area contributed by atoms with E-state index >= 15 is 0 Å². The van der Waals surface area contributed by atoms with E-state index in [9.17, 15) is 24.6 Å². The maximum Gasteiger partial charge on any atom is 0.330 e. The van der Waals surface area contributed by atoms with Gasteiger partial charge in [0, 0.05) is 6.20 Å². The van der Waals surface area contributed by atoms with Crippen LogP contribution in [0.5, 0.6) is 0 Å². The van der Waals surface area contributed by atoms with E-state index in [4.69, 9.17) is 9.84 Å². The summed E-state index contributed by atoms with van der Waals surface area (Å²) in [6.45, 7) is -0.548. The van der Waals surface area contributed by atoms with E-state index in [1.165, 1.54) is 0 Å². The second-order valence-corrected chi connectivity index (χ2v) is 4.10. The molecular formula is C10H12N2O7. The molecule has 0 spiro atoms. The van der Waals surface area contributed by atoms with E-state index < -0.39 is 42.4 Å². The first kappa shape index (κ1) is 13.6. The Hall–Kier alpha value is -1.81. The Bertz CT molecular complexity index is 592. The van der Waals surface area contributed by atoms with Gasteiger partial charge in [-0.25, -0.2) is 4.79 Å². The van der Waals surface area contributed by atoms with Crippen molar-refractivity contribution in [2.24, 2.45) is 0 Å². The van der Waals surface area contributed by atoms with Crippen molar-refractivity contribution >= 4 is 6.29 Å². The number of rotatable bonds is 3. The lowest BCUT2D eigenvalue weighted by molar-refractivity contribution is -0.0550. The first-order valence-corrected chi connectivity index (χ1v) is 5.42. The maximum absolute atomic E-state index is 11.6. The Labute approximate surface area is 105 Å². The van der Waals surface area contributed by atoms with Crippen LogP contribution in [-0.4, -0.2) is 56.1 Å². The number of H-pyrrole nitrogens is 1. The SMILES string of the molecule is O=Cc1cn([C@H]2O[C@@H](CO)C(O)C2O)c(=O)[nH]c1=O. The van der Waals surface area contributed by atoms with Gasteiger partial charge in [0.05, 0.1) is 12.2 Å². The predicted octanol–water partition coefficient (Wildman–Crippen LogP) is -3.04. The highest BCUT2D eigenvalue weighted by molar-refractivity contribution is 5.73. The molecule has 1 aromatic heterocycles. The summed E-state index contributed by atoms with van der Waals surface area (Å²) in [4.78, 5) is 35.3. The summed E-state index contributed by atoms with van der Waals surface area (Å²) in [7, 11) is 0. The molecular weight excluding hydrogens is 260 g/mol. The number of ether oxygens (including phenoxy) is 1. The van der Waals surface area contributed by atoms with E-state index in [0.29, 0.717) is 0 Å². The summed E-state index contributed by atoms with van der Waals surface area (Å²) in [5.74, 6) is 0. The number of nitrogens with one attached hydrogen (secondary N) is 1. The smallest absolute Gasteiger partial charge is 0.330 e. The topological polar surface area (TPSA) is 142 Å². The molecule has 1 fully saturated rings. The third kappa shape index (κ3) is 2.24. The lowest BCUT2D eigenvalue weighted by atomic mass is 10.1. The molecule has 0 amide bonds. The van der Waals surface area contributed by atoms with Crippen molar-refractivity contribution in [3.63, 3.8) is 0 Å². The average molecular weight is 272 g/mol. The van der Waals surface area contributed by atoms with Gasteiger partial charge in [-0.3, -0.25) is 19.1 Å². The molecule has 1 aliphatic rings. The van der Waals surface area contributed by atoms with E-state index in [0.717, 1.165) is 10.8 Å². The molecule has 2 unspecified atom stereocenters. The molecule has 4 N–H and O–H groups in total. The summed E-state index contributed by atoms with van der Waals surface area (Å²) in [6, 6.07) is 0. The van der Waals surface area contributed by atoms with Crippen LogP contribution in [0.1, 0.15) is 16.6 Å². The fourth-order valence-electron chi connectivity index (χ4n) is 1.88. The second kappa shape index (κ2) is 5.05. The number of aromatic nitrogens is 2. The largest absolute Gasteiger partial charge is 0.394 e. The van der Waals surface area contributed by atoms with Crippen molar-refractivity contribution in [3.05, 3.63) is 32.6 Å². The monoisotopic (exact) mass is 272 g/mol. The minimum atomic E-state index is -1.47. The van der Waals surface area contributed by atoms with Crippen LogP contribution in [0.15, 0.2) is 15.8 Å². The van der Waals surface area contributed by atoms with Crippen molar-refractivity contribution in [2.75, 3.05) is 6.61 Å². The van der Waals surface area contributed by atoms with E-state index in [-0.39, 0.29) is 11.8 Å². The fraction of sp³-hybridized carbons (Fsp3) is 0.500. The normalized spacial score (nSPS) is 30.5. The molecule has 1 aliphatic heterocycles. The van der Waals surface area contributed by atoms with Crippen LogP contribution in [0.3, 0.4) is 0 Å². The molecule has 104 valence electrons. The van der Waals surface area contributed by atoms with Gasteiger partial charge in [-0.05, 0) is 0 Å². The van der Waals surface area contributed by atoms with Crippen molar-refractivity contribution in [1.82, 2.24) is 9.55 Å². The Morgan fingerprint density at radius 1 is 1.37 bits per heavy atom. The zero-order valence-electron chi connectivity index (χ0n) is 9.59. The Kier molecular flexibility index (Phi) is 3.62. The predicted molar refractivity (Wildman–Crippen MR) is 59.7 cm³/mol. The molecule has 0 saturated carbocycles. The van der Waals surface area contributed by atoms with Gasteiger partial charge in [0.1, 0.15) is 18.3 Å². The zero-order chi connectivity index (χ0) is 14.2. The lowest BCUT2D eigenvalue weighted by Gasteiger charge is -2.17. The van der Waals surface area contributed by atoms with Gasteiger partial charge in [-0.15, -0.1) is 0 Å². The summed E-state index contributed by atoms with van der Waals surface area (Å²) in [6.07, 6.45) is -4.03. The van der Waals surface area contributed by atoms with Gasteiger partial charge in [0.25, 0.3) is 5.56 Å². The molecule has 9 heteroatoms. The molecule has 1 saturated heterocycles. The molecule has 0 aliphatic carbocycles. The summed E-state index contributed by atoms with van der Waals surface area (Å²) < 4.78 is 5.90. The maximum atomic E-state index is 11.6. The van der Waals surface area contributed by atoms with Crippen molar-refractivity contribution < 1.29 is 24.9 Å². The van der Waals surface area contributed by atoms with Gasteiger partial charge in [0.15, 0.2) is 12.5 Å². The van der Waals surface area contributed by atoms with E-state index in [2.05, 4.69) is 0 Å². The highest BCUT2D eigenvalue weighted by Crippen LogP contribution is 2.27. The first-order chi connectivity index (χ1) is 8.99. The standard InChI is InChI=1S/C10H12N2O7/c13-2-4-1-12(10(18)11-8(4)17)9-7(16)6(15)5(3-14)19-9/h1-2,5-7,9,14-16H,3H2,(H,11,17,18)/t5-,6?,7?,9-/m0/s1. The number of carbonyl (C=O) groups excluding carboxylic acids is 1. The van der Waals surface area contributed by atoms with Crippen LogP contribution in [0.2, 0.25) is 0 Å². The molecule has 4 atom stereocenters. The Balaban J connectivity index is 2.46. The molecule has 9 nitrogen and oxygen atoms in total. The first-order valence-electron chi connectivity index (χ1n) is 5.42. The van der Waals surface area contributed by atoms with Crippen LogP contribution in [0.25, 0.3) is 0 Å². The Morgan fingerprint density at radius 3 is 2.58 bits per heavy atom. The van der Waals surface area contributed by atoms with Crippen LogP contribution in [0, 0.1) is 0 Å². The summed E-state index contributed by atoms with van der Waals surface area (Å²) in [5.41, 5.74) is -2.08. The Morgan fingerprint density at radius 2 is 2.05 bits per heavy atom. The molecule has 2 rings (SSSR count). The minimum Gasteiger partial charge on any atom is -0.394 e. The molecule has 0 aromatic carbocycles. The molecule has 0 bridgehead atoms. The van der Waals surface area contributed by atoms with Crippen molar-refractivity contribution in [3.8, 4) is 0 Å². The number of aldehydes is 1. The number of aromatic amines is 1. The number of nitrogens with zero attached hydrogens (tertiary/aromatic N) is 1. The van der Waals surface area contributed by atoms with Crippen LogP contribution in [0.4, 0.5) is 0 Å². The summed E-state index contributed by atoms with van der Waals surface area (Å²) in [5, 5.41) is 28.2. The van der Waals surface area contributed by atoms with Crippen LogP contribution < -0.4 is 11.2 Å². The van der Waals surface area contributed by atoms with Gasteiger partial charge in [-0.2, -0.15) is 0 Å². The summed E-state index contributed by atoms with van der Waals surface area (Å²) >= 11 is 0. The quantitative estimate of drug-likeness (QED) is 0.428. The molecule has 2 heterocycles. The second-order valence-electron chi connectivity index (χ2n) is 4.10. The number of aliphatic hydroxyl groups is 3. The number of hydrogen-bond donors (Lipinski definition) is 4. The van der Waals surface area contributed by atoms with Crippen molar-refractivity contribution in [1.29, 1.82) is 0 Å². The molecule has 1 aromatic rings. The third-order valence-electron chi connectivity index (χ3n) is 2.91. The molecule has 19 heavy (non-hydrogen) atoms. The van der Waals surface area contributed by atoms with Gasteiger partial charge in [0.2, 0.25) is 0 Å². The van der Waals surface area contributed by atoms with Gasteiger partial charge < -0.3 is 20.1 Å². The highest BCUT2D eigenvalue weighted by Gasteiger charge is 2.43. The molecule has 0 radical (unpaired) electrons. The van der Waals surface area contributed by atoms with E-state index in [1.807, 2.05) is 4.98 Å². The lowest BCUT2D eigenvalue weighted by Crippen LogP contribution is -2.38. The highest BCUT2D eigenvalue weighted by atomic mass is 16.6. The third-order valence-corrected chi connectivity index (χ3v) is 2.91. The minimum absolute atomic E-state index is 0.246. The number of aliphatic hydroxyl groups excluding tert-OH is 3.